The fraction of sp³-hybridized carbons (Fsp3) is 0.207. The van der Waals surface area contributed by atoms with Crippen molar-refractivity contribution >= 4 is 23.8 Å². The molecule has 0 N–H and O–H groups in total. The number of carbonyl (C=O) groups excluding carboxylic acids is 1. The molecule has 6 nitrogen and oxygen atoms in total. The zero-order valence-corrected chi connectivity index (χ0v) is 20.4. The highest BCUT2D eigenvalue weighted by Gasteiger charge is 2.27. The molecule has 0 spiro atoms. The van der Waals surface area contributed by atoms with Gasteiger partial charge in [-0.15, -0.1) is 0 Å². The molecule has 0 fully saturated rings. The molecular formula is C29H29NO5. The van der Waals surface area contributed by atoms with Crippen molar-refractivity contribution in [3.63, 3.8) is 0 Å². The standard InChI is InChI=1S/C29H29NO5/c1-32-25-12-10-21(17-26(25)33-2)16-24-23-19-28(35-4)27(34-3)18-22(23)14-15-30(24)29(31)13-11-20-8-6-5-7-9-20/h5-13,16-19H,14-15H2,1-4H3. The number of ether oxygens (including phenoxy) is 4. The zero-order chi connectivity index (χ0) is 24.8. The molecule has 35 heavy (non-hydrogen) atoms. The molecule has 0 atom stereocenters. The topological polar surface area (TPSA) is 57.2 Å². The highest BCUT2D eigenvalue weighted by Crippen LogP contribution is 2.39. The zero-order valence-electron chi connectivity index (χ0n) is 20.4. The van der Waals surface area contributed by atoms with Crippen LogP contribution in [0.15, 0.2) is 66.7 Å². The Kier molecular flexibility index (Phi) is 7.41. The van der Waals surface area contributed by atoms with E-state index in [1.165, 1.54) is 0 Å². The lowest BCUT2D eigenvalue weighted by atomic mass is 9.94. The van der Waals surface area contributed by atoms with Crippen LogP contribution in [0.5, 0.6) is 23.0 Å². The normalized spacial score (nSPS) is 14.1. The summed E-state index contributed by atoms with van der Waals surface area (Å²) in [4.78, 5) is 15.2. The van der Waals surface area contributed by atoms with Crippen molar-refractivity contribution in [2.24, 2.45) is 0 Å². The SMILES string of the molecule is COc1ccc(C=C2c3cc(OC)c(OC)cc3CCN2C(=O)C=Cc2ccccc2)cc1OC. The number of carbonyl (C=O) groups is 1. The first kappa shape index (κ1) is 24.0. The van der Waals surface area contributed by atoms with E-state index < -0.39 is 0 Å². The van der Waals surface area contributed by atoms with Gasteiger partial charge in [0.1, 0.15) is 0 Å². The van der Waals surface area contributed by atoms with Gasteiger partial charge in [0.25, 0.3) is 5.91 Å². The van der Waals surface area contributed by atoms with Gasteiger partial charge in [0, 0.05) is 18.2 Å². The first-order valence-electron chi connectivity index (χ1n) is 11.3. The Bertz CT molecular complexity index is 1260. The van der Waals surface area contributed by atoms with E-state index in [1.807, 2.05) is 72.8 Å². The van der Waals surface area contributed by atoms with E-state index >= 15 is 0 Å². The summed E-state index contributed by atoms with van der Waals surface area (Å²) in [5.74, 6) is 2.44. The van der Waals surface area contributed by atoms with Crippen LogP contribution >= 0.6 is 0 Å². The first-order valence-corrected chi connectivity index (χ1v) is 11.3. The molecule has 1 aliphatic heterocycles. The summed E-state index contributed by atoms with van der Waals surface area (Å²) in [5, 5.41) is 0. The van der Waals surface area contributed by atoms with E-state index in [9.17, 15) is 4.79 Å². The Morgan fingerprint density at radius 2 is 1.43 bits per heavy atom. The van der Waals surface area contributed by atoms with Crippen molar-refractivity contribution in [1.82, 2.24) is 4.90 Å². The summed E-state index contributed by atoms with van der Waals surface area (Å²) in [6.07, 6.45) is 6.13. The molecular weight excluding hydrogens is 442 g/mol. The van der Waals surface area contributed by atoms with Gasteiger partial charge in [-0.25, -0.2) is 0 Å². The quantitative estimate of drug-likeness (QED) is 0.437. The Morgan fingerprint density at radius 3 is 2.11 bits per heavy atom. The van der Waals surface area contributed by atoms with Crippen LogP contribution in [0.2, 0.25) is 0 Å². The molecule has 6 heteroatoms. The maximum Gasteiger partial charge on any atom is 0.251 e. The predicted molar refractivity (Wildman–Crippen MR) is 138 cm³/mol. The number of fused-ring (bicyclic) bond motifs is 1. The molecule has 3 aromatic rings. The van der Waals surface area contributed by atoms with Gasteiger partial charge in [0.15, 0.2) is 23.0 Å². The fourth-order valence-electron chi connectivity index (χ4n) is 4.17. The van der Waals surface area contributed by atoms with Crippen LogP contribution in [0.25, 0.3) is 17.8 Å². The second kappa shape index (κ2) is 10.8. The number of nitrogens with zero attached hydrogens (tertiary/aromatic N) is 1. The molecule has 1 amide bonds. The number of benzene rings is 3. The maximum absolute atomic E-state index is 13.4. The Labute approximate surface area is 206 Å². The van der Waals surface area contributed by atoms with Gasteiger partial charge in [-0.1, -0.05) is 36.4 Å². The highest BCUT2D eigenvalue weighted by atomic mass is 16.5. The number of amides is 1. The third kappa shape index (κ3) is 5.17. The molecule has 0 radical (unpaired) electrons. The van der Waals surface area contributed by atoms with Gasteiger partial charge in [-0.3, -0.25) is 4.79 Å². The summed E-state index contributed by atoms with van der Waals surface area (Å²) in [7, 11) is 6.44. The largest absolute Gasteiger partial charge is 0.493 e. The summed E-state index contributed by atoms with van der Waals surface area (Å²) < 4.78 is 21.9. The van der Waals surface area contributed by atoms with Gasteiger partial charge in [-0.05, 0) is 59.5 Å². The molecule has 180 valence electrons. The second-order valence-electron chi connectivity index (χ2n) is 7.99. The van der Waals surface area contributed by atoms with E-state index in [4.69, 9.17) is 18.9 Å². The molecule has 0 unspecified atom stereocenters. The van der Waals surface area contributed by atoms with Gasteiger partial charge in [0.05, 0.1) is 34.1 Å². The van der Waals surface area contributed by atoms with E-state index in [-0.39, 0.29) is 5.91 Å². The average Bonchev–Trinajstić information content (AvgIpc) is 2.91. The van der Waals surface area contributed by atoms with Gasteiger partial charge in [-0.2, -0.15) is 0 Å². The van der Waals surface area contributed by atoms with Crippen LogP contribution in [-0.2, 0) is 11.2 Å². The molecule has 0 bridgehead atoms. The smallest absolute Gasteiger partial charge is 0.251 e. The summed E-state index contributed by atoms with van der Waals surface area (Å²) in [6.45, 7) is 0.541. The summed E-state index contributed by atoms with van der Waals surface area (Å²) >= 11 is 0. The molecule has 0 saturated heterocycles. The van der Waals surface area contributed by atoms with Crippen molar-refractivity contribution in [3.8, 4) is 23.0 Å². The Balaban J connectivity index is 1.80. The van der Waals surface area contributed by atoms with E-state index in [0.717, 1.165) is 28.0 Å². The second-order valence-corrected chi connectivity index (χ2v) is 7.99. The first-order chi connectivity index (χ1) is 17.1. The molecule has 0 saturated carbocycles. The van der Waals surface area contributed by atoms with Crippen molar-refractivity contribution in [1.29, 1.82) is 0 Å². The van der Waals surface area contributed by atoms with Crippen molar-refractivity contribution in [2.45, 2.75) is 6.42 Å². The fourth-order valence-corrected chi connectivity index (χ4v) is 4.17. The van der Waals surface area contributed by atoms with Crippen LogP contribution < -0.4 is 18.9 Å². The minimum Gasteiger partial charge on any atom is -0.493 e. The van der Waals surface area contributed by atoms with Crippen LogP contribution in [0.3, 0.4) is 0 Å². The van der Waals surface area contributed by atoms with Crippen molar-refractivity contribution in [3.05, 3.63) is 89.0 Å². The summed E-state index contributed by atoms with van der Waals surface area (Å²) in [6, 6.07) is 19.4. The number of methoxy groups -OCH3 is 4. The lowest BCUT2D eigenvalue weighted by molar-refractivity contribution is -0.123. The van der Waals surface area contributed by atoms with E-state index in [0.29, 0.717) is 36.0 Å². The van der Waals surface area contributed by atoms with Crippen LogP contribution in [0.1, 0.15) is 22.3 Å². The molecule has 1 aliphatic rings. The van der Waals surface area contributed by atoms with Crippen LogP contribution in [-0.4, -0.2) is 45.8 Å². The number of hydrogen-bond acceptors (Lipinski definition) is 5. The van der Waals surface area contributed by atoms with Gasteiger partial charge >= 0.3 is 0 Å². The lowest BCUT2D eigenvalue weighted by Crippen LogP contribution is -2.33. The number of rotatable bonds is 7. The minimum atomic E-state index is -0.0963. The average molecular weight is 472 g/mol. The van der Waals surface area contributed by atoms with Crippen molar-refractivity contribution in [2.75, 3.05) is 35.0 Å². The van der Waals surface area contributed by atoms with Crippen LogP contribution in [0.4, 0.5) is 0 Å². The lowest BCUT2D eigenvalue weighted by Gasteiger charge is -2.32. The van der Waals surface area contributed by atoms with E-state index in [2.05, 4.69) is 0 Å². The predicted octanol–water partition coefficient (Wildman–Crippen LogP) is 5.32. The maximum atomic E-state index is 13.4. The van der Waals surface area contributed by atoms with Crippen LogP contribution in [0, 0.1) is 0 Å². The molecule has 0 aliphatic carbocycles. The monoisotopic (exact) mass is 471 g/mol. The number of hydrogen-bond donors (Lipinski definition) is 0. The molecule has 1 heterocycles. The van der Waals surface area contributed by atoms with Crippen molar-refractivity contribution < 1.29 is 23.7 Å². The third-order valence-corrected chi connectivity index (χ3v) is 5.98. The summed E-state index contributed by atoms with van der Waals surface area (Å²) in [5.41, 5.74) is 4.64. The van der Waals surface area contributed by atoms with Gasteiger partial charge in [0.2, 0.25) is 0 Å². The Morgan fingerprint density at radius 1 is 0.771 bits per heavy atom. The molecule has 0 aromatic heterocycles. The van der Waals surface area contributed by atoms with Gasteiger partial charge < -0.3 is 23.8 Å². The molecule has 4 rings (SSSR count). The Hall–Kier alpha value is -4.19. The minimum absolute atomic E-state index is 0.0963. The highest BCUT2D eigenvalue weighted by molar-refractivity contribution is 6.01. The molecule has 3 aromatic carbocycles. The third-order valence-electron chi connectivity index (χ3n) is 5.98. The van der Waals surface area contributed by atoms with E-state index in [1.54, 1.807) is 39.4 Å².